The van der Waals surface area contributed by atoms with Crippen LogP contribution in [0.15, 0.2) is 0 Å². The Kier molecular flexibility index (Phi) is 10.3. The van der Waals surface area contributed by atoms with Crippen LogP contribution in [0.3, 0.4) is 0 Å². The van der Waals surface area contributed by atoms with E-state index in [0.717, 1.165) is 44.4 Å². The van der Waals surface area contributed by atoms with Gasteiger partial charge < -0.3 is 26.8 Å². The van der Waals surface area contributed by atoms with Gasteiger partial charge in [-0.3, -0.25) is 4.79 Å². The van der Waals surface area contributed by atoms with Gasteiger partial charge in [0.1, 0.15) is 12.1 Å². The molecule has 8 heteroatoms. The number of carbonyl (C=O) groups is 3. The zero-order chi connectivity index (χ0) is 23.6. The van der Waals surface area contributed by atoms with E-state index in [4.69, 9.17) is 5.73 Å². The third-order valence-corrected chi connectivity index (χ3v) is 8.10. The number of hydrogen-bond donors (Lipinski definition) is 5. The molecular formula is C25H44N4O4. The molecule has 3 rings (SSSR count). The molecule has 0 bridgehead atoms. The topological polar surface area (TPSA) is 134 Å². The van der Waals surface area contributed by atoms with Gasteiger partial charge in [-0.15, -0.1) is 0 Å². The molecule has 188 valence electrons. The molecule has 3 aliphatic carbocycles. The molecule has 3 unspecified atom stereocenters. The van der Waals surface area contributed by atoms with E-state index in [1.165, 1.54) is 38.5 Å². The van der Waals surface area contributed by atoms with Gasteiger partial charge in [0.2, 0.25) is 5.91 Å². The highest BCUT2D eigenvalue weighted by molar-refractivity contribution is 5.88. The number of carboxylic acids is 1. The van der Waals surface area contributed by atoms with Gasteiger partial charge in [-0.05, 0) is 62.8 Å². The number of nitrogens with one attached hydrogen (secondary N) is 3. The number of carbonyl (C=O) groups excluding carboxylic acids is 2. The van der Waals surface area contributed by atoms with Gasteiger partial charge in [0, 0.05) is 6.04 Å². The van der Waals surface area contributed by atoms with Crippen molar-refractivity contribution in [3.8, 4) is 0 Å². The van der Waals surface area contributed by atoms with Crippen molar-refractivity contribution in [3.05, 3.63) is 0 Å². The maximum absolute atomic E-state index is 13.3. The van der Waals surface area contributed by atoms with E-state index in [1.54, 1.807) is 0 Å². The van der Waals surface area contributed by atoms with Crippen LogP contribution in [-0.2, 0) is 9.59 Å². The number of hydrogen-bond acceptors (Lipinski definition) is 4. The van der Waals surface area contributed by atoms with Crippen molar-refractivity contribution in [1.82, 2.24) is 16.0 Å². The van der Waals surface area contributed by atoms with Crippen molar-refractivity contribution in [3.63, 3.8) is 0 Å². The third-order valence-electron chi connectivity index (χ3n) is 8.10. The van der Waals surface area contributed by atoms with E-state index in [2.05, 4.69) is 16.0 Å². The highest BCUT2D eigenvalue weighted by Crippen LogP contribution is 2.40. The lowest BCUT2D eigenvalue weighted by Gasteiger charge is -2.40. The zero-order valence-electron chi connectivity index (χ0n) is 20.0. The first-order valence-corrected chi connectivity index (χ1v) is 13.3. The molecule has 0 aromatic carbocycles. The normalized spacial score (nSPS) is 27.6. The molecule has 8 nitrogen and oxygen atoms in total. The van der Waals surface area contributed by atoms with E-state index in [0.29, 0.717) is 31.2 Å². The summed E-state index contributed by atoms with van der Waals surface area (Å²) in [7, 11) is 0. The summed E-state index contributed by atoms with van der Waals surface area (Å²) in [6.45, 7) is 0.364. The smallest absolute Gasteiger partial charge is 0.326 e. The molecule has 5 atom stereocenters. The van der Waals surface area contributed by atoms with Crippen LogP contribution in [-0.4, -0.2) is 47.7 Å². The monoisotopic (exact) mass is 464 g/mol. The fraction of sp³-hybridized carbons (Fsp3) is 0.880. The number of nitrogens with two attached hydrogens (primary N) is 1. The van der Waals surface area contributed by atoms with Crippen molar-refractivity contribution in [1.29, 1.82) is 0 Å². The molecule has 33 heavy (non-hydrogen) atoms. The lowest BCUT2D eigenvalue weighted by Crippen LogP contribution is -2.55. The molecule has 0 spiro atoms. The Labute approximate surface area is 198 Å². The molecule has 0 aliphatic heterocycles. The molecule has 0 radical (unpaired) electrons. The zero-order valence-corrected chi connectivity index (χ0v) is 20.0. The summed E-state index contributed by atoms with van der Waals surface area (Å²) < 4.78 is 0. The summed E-state index contributed by atoms with van der Waals surface area (Å²) in [5.41, 5.74) is 5.49. The molecule has 0 aromatic rings. The summed E-state index contributed by atoms with van der Waals surface area (Å²) in [6.07, 6.45) is 15.5. The standard InChI is InChI=1S/C25H44N4O4/c26-14-6-11-21(24(31)32)28-25(33)29-22(15-17-7-2-1-3-8-17)23(30)27-20-13-12-18-9-4-5-10-19(18)16-20/h17-22H,1-16,26H2,(H,27,30)(H,31,32)(H2,28,29,33)/t18?,19?,20?,21-,22+/m0/s1. The number of carboxylic acid groups (broad SMARTS) is 1. The average molecular weight is 465 g/mol. The van der Waals surface area contributed by atoms with Gasteiger partial charge in [0.15, 0.2) is 0 Å². The number of amides is 3. The minimum absolute atomic E-state index is 0.121. The Bertz CT molecular complexity index is 652. The van der Waals surface area contributed by atoms with Gasteiger partial charge in [-0.1, -0.05) is 57.8 Å². The highest BCUT2D eigenvalue weighted by Gasteiger charge is 2.34. The summed E-state index contributed by atoms with van der Waals surface area (Å²) in [5.74, 6) is 0.733. The van der Waals surface area contributed by atoms with Crippen LogP contribution in [0.25, 0.3) is 0 Å². The Morgan fingerprint density at radius 2 is 1.52 bits per heavy atom. The molecular weight excluding hydrogens is 420 g/mol. The lowest BCUT2D eigenvalue weighted by atomic mass is 9.69. The van der Waals surface area contributed by atoms with Crippen molar-refractivity contribution < 1.29 is 19.5 Å². The predicted molar refractivity (Wildman–Crippen MR) is 128 cm³/mol. The summed E-state index contributed by atoms with van der Waals surface area (Å²) in [4.78, 5) is 37.4. The average Bonchev–Trinajstić information content (AvgIpc) is 2.81. The first kappa shape index (κ1) is 25.8. The number of aliphatic carboxylic acids is 1. The molecule has 0 aromatic heterocycles. The van der Waals surface area contributed by atoms with Crippen LogP contribution in [0.5, 0.6) is 0 Å². The van der Waals surface area contributed by atoms with Crippen molar-refractivity contribution in [2.45, 2.75) is 114 Å². The van der Waals surface area contributed by atoms with Gasteiger partial charge >= 0.3 is 12.0 Å². The molecule has 0 saturated heterocycles. The van der Waals surface area contributed by atoms with Gasteiger partial charge in [-0.2, -0.15) is 0 Å². The molecule has 3 fully saturated rings. The molecule has 3 aliphatic rings. The van der Waals surface area contributed by atoms with E-state index in [9.17, 15) is 19.5 Å². The molecule has 3 saturated carbocycles. The summed E-state index contributed by atoms with van der Waals surface area (Å²) >= 11 is 0. The second kappa shape index (κ2) is 13.2. The SMILES string of the molecule is NCCC[C@H](NC(=O)N[C@H](CC1CCCCC1)C(=O)NC1CCC2CCCCC2C1)C(=O)O. The first-order valence-electron chi connectivity index (χ1n) is 13.3. The van der Waals surface area contributed by atoms with Crippen LogP contribution >= 0.6 is 0 Å². The second-order valence-electron chi connectivity index (χ2n) is 10.6. The minimum atomic E-state index is -1.09. The van der Waals surface area contributed by atoms with Crippen LogP contribution in [0.4, 0.5) is 4.79 Å². The van der Waals surface area contributed by atoms with Crippen molar-refractivity contribution in [2.75, 3.05) is 6.54 Å². The molecule has 6 N–H and O–H groups in total. The van der Waals surface area contributed by atoms with Crippen molar-refractivity contribution >= 4 is 17.9 Å². The number of fused-ring (bicyclic) bond motifs is 1. The predicted octanol–water partition coefficient (Wildman–Crippen LogP) is 3.29. The quantitative estimate of drug-likeness (QED) is 0.338. The van der Waals surface area contributed by atoms with E-state index < -0.39 is 24.1 Å². The Morgan fingerprint density at radius 3 is 2.21 bits per heavy atom. The maximum Gasteiger partial charge on any atom is 0.326 e. The van der Waals surface area contributed by atoms with Crippen molar-refractivity contribution in [2.24, 2.45) is 23.5 Å². The van der Waals surface area contributed by atoms with Gasteiger partial charge in [-0.25, -0.2) is 9.59 Å². The summed E-state index contributed by atoms with van der Waals surface area (Å²) in [5, 5.41) is 18.0. The maximum atomic E-state index is 13.3. The van der Waals surface area contributed by atoms with E-state index in [-0.39, 0.29) is 18.4 Å². The second-order valence-corrected chi connectivity index (χ2v) is 10.6. The molecule has 0 heterocycles. The summed E-state index contributed by atoms with van der Waals surface area (Å²) in [6, 6.07) is -2.06. The highest BCUT2D eigenvalue weighted by atomic mass is 16.4. The first-order chi connectivity index (χ1) is 16.0. The Morgan fingerprint density at radius 1 is 0.848 bits per heavy atom. The van der Waals surface area contributed by atoms with Crippen LogP contribution in [0.2, 0.25) is 0 Å². The largest absolute Gasteiger partial charge is 0.480 e. The fourth-order valence-corrected chi connectivity index (χ4v) is 6.23. The van der Waals surface area contributed by atoms with Crippen LogP contribution in [0, 0.1) is 17.8 Å². The number of rotatable bonds is 10. The van der Waals surface area contributed by atoms with Gasteiger partial charge in [0.25, 0.3) is 0 Å². The Balaban J connectivity index is 1.58. The third kappa shape index (κ3) is 8.16. The lowest BCUT2D eigenvalue weighted by molar-refractivity contribution is -0.139. The van der Waals surface area contributed by atoms with E-state index in [1.807, 2.05) is 0 Å². The number of urea groups is 1. The molecule has 3 amide bonds. The van der Waals surface area contributed by atoms with Gasteiger partial charge in [0.05, 0.1) is 0 Å². The van der Waals surface area contributed by atoms with Crippen LogP contribution in [0.1, 0.15) is 96.3 Å². The minimum Gasteiger partial charge on any atom is -0.480 e. The Hall–Kier alpha value is -1.83. The fourth-order valence-electron chi connectivity index (χ4n) is 6.23. The van der Waals surface area contributed by atoms with Crippen LogP contribution < -0.4 is 21.7 Å². The van der Waals surface area contributed by atoms with E-state index >= 15 is 0 Å².